The number of hydrogen-bond donors (Lipinski definition) is 2. The van der Waals surface area contributed by atoms with Crippen LogP contribution in [0.1, 0.15) is 50.8 Å². The first-order chi connectivity index (χ1) is 13.1. The van der Waals surface area contributed by atoms with Crippen LogP contribution in [0.2, 0.25) is 0 Å². The molecule has 0 radical (unpaired) electrons. The second kappa shape index (κ2) is 9.74. The summed E-state index contributed by atoms with van der Waals surface area (Å²) in [5.74, 6) is 0.982. The van der Waals surface area contributed by atoms with Gasteiger partial charge in [-0.1, -0.05) is 29.8 Å². The zero-order chi connectivity index (χ0) is 20.8. The first-order valence-electron chi connectivity index (χ1n) is 10.0. The topological polar surface area (TPSA) is 79.8 Å². The van der Waals surface area contributed by atoms with Crippen LogP contribution in [0, 0.1) is 12.8 Å². The summed E-state index contributed by atoms with van der Waals surface area (Å²) in [6.45, 7) is 9.93. The number of rotatable bonds is 7. The molecule has 1 aliphatic rings. The molecule has 2 rings (SSSR count). The Hall–Kier alpha value is -1.60. The number of guanidine groups is 1. The van der Waals surface area contributed by atoms with Crippen LogP contribution < -0.4 is 10.6 Å². The average molecular weight is 410 g/mol. The van der Waals surface area contributed by atoms with E-state index in [1.165, 1.54) is 17.4 Å². The summed E-state index contributed by atoms with van der Waals surface area (Å²) >= 11 is 0. The number of benzene rings is 1. The van der Waals surface area contributed by atoms with Gasteiger partial charge < -0.3 is 15.4 Å². The Bertz CT molecular complexity index is 758. The van der Waals surface area contributed by atoms with E-state index in [9.17, 15) is 8.42 Å². The van der Waals surface area contributed by atoms with Crippen molar-refractivity contribution in [1.29, 1.82) is 0 Å². The van der Waals surface area contributed by atoms with Crippen molar-refractivity contribution in [3.63, 3.8) is 0 Å². The van der Waals surface area contributed by atoms with Gasteiger partial charge in [-0.15, -0.1) is 0 Å². The van der Waals surface area contributed by atoms with E-state index in [1.807, 2.05) is 6.92 Å². The molecule has 1 fully saturated rings. The van der Waals surface area contributed by atoms with Crippen LogP contribution in [0.15, 0.2) is 29.3 Å². The van der Waals surface area contributed by atoms with Crippen LogP contribution >= 0.6 is 0 Å². The molecule has 28 heavy (non-hydrogen) atoms. The number of aryl methyl sites for hydroxylation is 1. The maximum Gasteiger partial charge on any atom is 0.191 e. The molecule has 0 bridgehead atoms. The molecular formula is C21H35N3O3S. The molecule has 1 aromatic rings. The average Bonchev–Trinajstić information content (AvgIpc) is 2.64. The molecule has 1 heterocycles. The molecule has 7 heteroatoms. The molecule has 2 atom stereocenters. The van der Waals surface area contributed by atoms with Crippen LogP contribution in [0.3, 0.4) is 0 Å². The molecule has 0 aliphatic carbocycles. The van der Waals surface area contributed by atoms with Gasteiger partial charge in [-0.25, -0.2) is 8.42 Å². The van der Waals surface area contributed by atoms with E-state index < -0.39 is 14.6 Å². The Morgan fingerprint density at radius 1 is 1.25 bits per heavy atom. The maximum atomic E-state index is 11.9. The quantitative estimate of drug-likeness (QED) is 0.535. The van der Waals surface area contributed by atoms with Gasteiger partial charge in [-0.05, 0) is 46.1 Å². The highest BCUT2D eigenvalue weighted by atomic mass is 32.2. The van der Waals surface area contributed by atoms with Crippen molar-refractivity contribution in [3.05, 3.63) is 35.4 Å². The Morgan fingerprint density at radius 3 is 2.54 bits per heavy atom. The van der Waals surface area contributed by atoms with Crippen molar-refractivity contribution in [2.75, 3.05) is 32.5 Å². The zero-order valence-corrected chi connectivity index (χ0v) is 18.6. The van der Waals surface area contributed by atoms with Crippen LogP contribution in [-0.4, -0.2) is 51.6 Å². The molecule has 0 aromatic heterocycles. The number of hydrogen-bond acceptors (Lipinski definition) is 4. The molecule has 1 saturated heterocycles. The predicted molar refractivity (Wildman–Crippen MR) is 116 cm³/mol. The van der Waals surface area contributed by atoms with Gasteiger partial charge in [-0.3, -0.25) is 4.99 Å². The van der Waals surface area contributed by atoms with Gasteiger partial charge in [0.05, 0.1) is 17.4 Å². The van der Waals surface area contributed by atoms with E-state index in [0.29, 0.717) is 18.4 Å². The molecule has 1 aliphatic heterocycles. The Kier molecular flexibility index (Phi) is 7.89. The molecular weight excluding hydrogens is 374 g/mol. The largest absolute Gasteiger partial charge is 0.373 e. The molecule has 0 spiro atoms. The number of nitrogens with zero attached hydrogens (tertiary/aromatic N) is 1. The number of ether oxygens (including phenoxy) is 1. The lowest BCUT2D eigenvalue weighted by Gasteiger charge is -2.33. The van der Waals surface area contributed by atoms with Crippen LogP contribution in [0.25, 0.3) is 0 Å². The Labute approximate surface area is 170 Å². The molecule has 0 amide bonds. The van der Waals surface area contributed by atoms with Crippen molar-refractivity contribution in [3.8, 4) is 0 Å². The monoisotopic (exact) mass is 409 g/mol. The highest BCUT2D eigenvalue weighted by Gasteiger charge is 2.30. The van der Waals surface area contributed by atoms with Gasteiger partial charge in [-0.2, -0.15) is 0 Å². The molecule has 0 saturated carbocycles. The maximum absolute atomic E-state index is 11.9. The molecule has 6 nitrogen and oxygen atoms in total. The summed E-state index contributed by atoms with van der Waals surface area (Å²) in [5, 5.41) is 6.60. The van der Waals surface area contributed by atoms with E-state index in [4.69, 9.17) is 4.74 Å². The van der Waals surface area contributed by atoms with Crippen LogP contribution in [0.5, 0.6) is 0 Å². The minimum atomic E-state index is -3.18. The first-order valence-corrected chi connectivity index (χ1v) is 11.9. The second-order valence-electron chi connectivity index (χ2n) is 8.21. The normalized spacial score (nSPS) is 21.4. The van der Waals surface area contributed by atoms with Gasteiger partial charge in [0.1, 0.15) is 0 Å². The summed E-state index contributed by atoms with van der Waals surface area (Å²) in [4.78, 5) is 4.52. The van der Waals surface area contributed by atoms with Crippen LogP contribution in [-0.2, 0) is 14.6 Å². The van der Waals surface area contributed by atoms with E-state index in [-0.39, 0.29) is 12.6 Å². The fraction of sp³-hybridized carbons (Fsp3) is 0.667. The summed E-state index contributed by atoms with van der Waals surface area (Å²) in [5.41, 5.74) is 2.45. The Balaban J connectivity index is 2.06. The lowest BCUT2D eigenvalue weighted by Crippen LogP contribution is -2.43. The van der Waals surface area contributed by atoms with E-state index in [2.05, 4.69) is 46.8 Å². The highest BCUT2D eigenvalue weighted by molar-refractivity contribution is 7.92. The SMILES string of the molecule is CCNC(=NCC(C)(C)S(C)(=O)=O)NCC1CCCOC1c1ccc(C)cc1. The first kappa shape index (κ1) is 22.7. The molecule has 2 N–H and O–H groups in total. The molecule has 2 unspecified atom stereocenters. The van der Waals surface area contributed by atoms with Crippen molar-refractivity contribution in [2.24, 2.45) is 10.9 Å². The van der Waals surface area contributed by atoms with Gasteiger partial charge in [0, 0.05) is 31.9 Å². The lowest BCUT2D eigenvalue weighted by atomic mass is 9.89. The van der Waals surface area contributed by atoms with E-state index in [1.54, 1.807) is 13.8 Å². The van der Waals surface area contributed by atoms with Crippen molar-refractivity contribution >= 4 is 15.8 Å². The number of sulfone groups is 1. The predicted octanol–water partition coefficient (Wildman–Crippen LogP) is 2.84. The smallest absolute Gasteiger partial charge is 0.191 e. The minimum Gasteiger partial charge on any atom is -0.373 e. The Morgan fingerprint density at radius 2 is 1.93 bits per heavy atom. The number of aliphatic imine (C=N–C) groups is 1. The summed E-state index contributed by atoms with van der Waals surface area (Å²) < 4.78 is 29.0. The van der Waals surface area contributed by atoms with E-state index in [0.717, 1.165) is 26.0 Å². The van der Waals surface area contributed by atoms with Crippen molar-refractivity contribution < 1.29 is 13.2 Å². The third kappa shape index (κ3) is 6.21. The lowest BCUT2D eigenvalue weighted by molar-refractivity contribution is -0.0265. The number of nitrogens with one attached hydrogen (secondary N) is 2. The molecule has 1 aromatic carbocycles. The molecule has 158 valence electrons. The van der Waals surface area contributed by atoms with Gasteiger partial charge >= 0.3 is 0 Å². The van der Waals surface area contributed by atoms with Crippen molar-refractivity contribution in [2.45, 2.75) is 51.4 Å². The van der Waals surface area contributed by atoms with Crippen LogP contribution in [0.4, 0.5) is 0 Å². The van der Waals surface area contributed by atoms with Gasteiger partial charge in [0.25, 0.3) is 0 Å². The summed E-state index contributed by atoms with van der Waals surface area (Å²) in [6, 6.07) is 8.53. The minimum absolute atomic E-state index is 0.0668. The fourth-order valence-corrected chi connectivity index (χ4v) is 3.43. The fourth-order valence-electron chi connectivity index (χ4n) is 3.13. The summed E-state index contributed by atoms with van der Waals surface area (Å²) in [7, 11) is -3.18. The van der Waals surface area contributed by atoms with Crippen molar-refractivity contribution in [1.82, 2.24) is 10.6 Å². The third-order valence-corrected chi connectivity index (χ3v) is 7.48. The third-order valence-electron chi connectivity index (χ3n) is 5.35. The van der Waals surface area contributed by atoms with Gasteiger partial charge in [0.2, 0.25) is 0 Å². The van der Waals surface area contributed by atoms with E-state index >= 15 is 0 Å². The zero-order valence-electron chi connectivity index (χ0n) is 17.8. The second-order valence-corrected chi connectivity index (χ2v) is 10.9. The highest BCUT2D eigenvalue weighted by Crippen LogP contribution is 2.33. The van der Waals surface area contributed by atoms with Gasteiger partial charge in [0.15, 0.2) is 15.8 Å². The standard InChI is InChI=1S/C21H35N3O3S/c1-6-22-20(24-15-21(3,4)28(5,25)26)23-14-18-8-7-13-27-19(18)17-11-9-16(2)10-12-17/h9-12,18-19H,6-8,13-15H2,1-5H3,(H2,22,23,24). The summed E-state index contributed by atoms with van der Waals surface area (Å²) in [6.07, 6.45) is 3.45.